The van der Waals surface area contributed by atoms with Gasteiger partial charge in [0.15, 0.2) is 12.6 Å². The predicted molar refractivity (Wildman–Crippen MR) is 396 cm³/mol. The number of hydrogen-bond acceptors (Lipinski definition) is 13. The highest BCUT2D eigenvalue weighted by Gasteiger charge is 2.51. The van der Waals surface area contributed by atoms with Crippen LogP contribution in [0, 0.1) is 0 Å². The lowest BCUT2D eigenvalue weighted by Crippen LogP contribution is -2.65. The van der Waals surface area contributed by atoms with Gasteiger partial charge in [0.25, 0.3) is 0 Å². The van der Waals surface area contributed by atoms with E-state index in [1.807, 2.05) is 6.08 Å². The Morgan fingerprint density at radius 2 is 0.729 bits per heavy atom. The zero-order chi connectivity index (χ0) is 69.4. The summed E-state index contributed by atoms with van der Waals surface area (Å²) in [5.74, 6) is -0.295. The van der Waals surface area contributed by atoms with Crippen LogP contribution in [0.3, 0.4) is 0 Å². The van der Waals surface area contributed by atoms with Crippen molar-refractivity contribution in [2.75, 3.05) is 19.8 Å². The normalized spacial score (nSPS) is 23.1. The standard InChI is InChI=1S/C82H137NO13/c1-3-5-7-9-11-13-15-17-19-21-23-25-27-29-31-33-34-35-36-38-40-42-44-46-48-50-52-54-56-58-60-62-64-66-74(87)83-70(69-93-81-79(92)77(90)80(73(68-85)95-81)96-82-78(91)76(89)75(88)72(67-84)94-82)71(86)65-63-61-59-57-55-53-51-49-47-45-43-41-39-37-32-30-28-26-24-22-20-18-16-14-12-10-8-6-4-2/h5,7,11,13,17,19,23,25,29,31,34-35,38,40,44,46,50,52,55-58,63,65,70-73,75-82,84-86,88-92H,3-4,6,8-10,12,14-16,18,20-22,24,26-28,30,32-33,36-37,39,41-43,45,47-49,51,53-54,59-62,64,66-69H2,1-2H3,(H,83,87)/b7-5-,13-11-,19-17-,25-23-,31-29-,35-34-,40-38-,46-44-,52-50-,57-55+,58-56-,65-63+. The summed E-state index contributed by atoms with van der Waals surface area (Å²) in [7, 11) is 0. The molecule has 548 valence electrons. The van der Waals surface area contributed by atoms with E-state index in [0.717, 1.165) is 89.9 Å². The molecule has 12 unspecified atom stereocenters. The Kier molecular flexibility index (Phi) is 58.9. The molecule has 0 spiro atoms. The summed E-state index contributed by atoms with van der Waals surface area (Å²) in [6, 6.07) is -0.969. The summed E-state index contributed by atoms with van der Waals surface area (Å²) in [5.41, 5.74) is 0. The molecule has 0 bridgehead atoms. The van der Waals surface area contributed by atoms with E-state index in [-0.39, 0.29) is 18.9 Å². The summed E-state index contributed by atoms with van der Waals surface area (Å²) in [4.78, 5) is 13.3. The van der Waals surface area contributed by atoms with Crippen molar-refractivity contribution in [1.29, 1.82) is 0 Å². The first kappa shape index (κ1) is 88.0. The molecule has 0 aromatic carbocycles. The number of amides is 1. The number of aliphatic hydroxyl groups is 8. The van der Waals surface area contributed by atoms with Crippen LogP contribution in [0.2, 0.25) is 0 Å². The van der Waals surface area contributed by atoms with Crippen molar-refractivity contribution in [2.45, 2.75) is 344 Å². The van der Waals surface area contributed by atoms with E-state index in [4.69, 9.17) is 18.9 Å². The highest BCUT2D eigenvalue weighted by Crippen LogP contribution is 2.30. The Morgan fingerprint density at radius 1 is 0.385 bits per heavy atom. The second kappa shape index (κ2) is 64.3. The Balaban J connectivity index is 1.71. The maximum atomic E-state index is 13.3. The SMILES string of the molecule is CC/C=C\C/C=C\C/C=C\C/C=C\C/C=C\C/C=C\C/C=C\C/C=C\C/C=C\C/C=C\CCCCC(=O)NC(COC1OC(CO)C(OC2OC(CO)C(O)C(O)C2O)C(O)C1O)C(O)/C=C/CC/C=C/CCCCCCCCCCCCCCCCCCCCCCCCC. The number of aliphatic hydroxyl groups excluding tert-OH is 8. The van der Waals surface area contributed by atoms with Crippen LogP contribution >= 0.6 is 0 Å². The van der Waals surface area contributed by atoms with E-state index in [2.05, 4.69) is 153 Å². The van der Waals surface area contributed by atoms with E-state index in [9.17, 15) is 45.6 Å². The van der Waals surface area contributed by atoms with E-state index < -0.39 is 86.8 Å². The average Bonchev–Trinajstić information content (AvgIpc) is 0.812. The fourth-order valence-electron chi connectivity index (χ4n) is 11.5. The van der Waals surface area contributed by atoms with Gasteiger partial charge in [-0.05, 0) is 109 Å². The smallest absolute Gasteiger partial charge is 0.220 e. The maximum absolute atomic E-state index is 13.3. The average molecular weight is 1340 g/mol. The molecule has 14 heteroatoms. The zero-order valence-corrected chi connectivity index (χ0v) is 59.8. The Labute approximate surface area is 583 Å². The largest absolute Gasteiger partial charge is 0.394 e. The van der Waals surface area contributed by atoms with Crippen molar-refractivity contribution in [1.82, 2.24) is 5.32 Å². The lowest BCUT2D eigenvalue weighted by atomic mass is 9.97. The third-order valence-electron chi connectivity index (χ3n) is 17.5. The van der Waals surface area contributed by atoms with Crippen LogP contribution in [-0.2, 0) is 23.7 Å². The number of rotatable bonds is 61. The molecule has 2 heterocycles. The first-order valence-corrected chi connectivity index (χ1v) is 38.1. The minimum Gasteiger partial charge on any atom is -0.394 e. The molecule has 0 aliphatic carbocycles. The quantitative estimate of drug-likeness (QED) is 0.0204. The third kappa shape index (κ3) is 47.0. The molecule has 14 nitrogen and oxygen atoms in total. The Bertz CT molecular complexity index is 2180. The van der Waals surface area contributed by atoms with Crippen LogP contribution in [-0.4, -0.2) is 140 Å². The molecule has 2 fully saturated rings. The van der Waals surface area contributed by atoms with E-state index in [0.29, 0.717) is 12.8 Å². The molecule has 96 heavy (non-hydrogen) atoms. The molecule has 2 saturated heterocycles. The number of carbonyl (C=O) groups excluding carboxylic acids is 1. The Morgan fingerprint density at radius 3 is 1.15 bits per heavy atom. The molecule has 2 aliphatic rings. The van der Waals surface area contributed by atoms with Crippen molar-refractivity contribution in [3.63, 3.8) is 0 Å². The first-order valence-electron chi connectivity index (χ1n) is 38.1. The fraction of sp³-hybridized carbons (Fsp3) is 0.695. The van der Waals surface area contributed by atoms with Crippen LogP contribution in [0.15, 0.2) is 146 Å². The molecular weight excluding hydrogens is 1210 g/mol. The van der Waals surface area contributed by atoms with Crippen LogP contribution in [0.4, 0.5) is 0 Å². The van der Waals surface area contributed by atoms with E-state index in [1.54, 1.807) is 6.08 Å². The monoisotopic (exact) mass is 1340 g/mol. The number of unbranched alkanes of at least 4 members (excludes halogenated alkanes) is 26. The second-order valence-corrected chi connectivity index (χ2v) is 26.0. The van der Waals surface area contributed by atoms with Gasteiger partial charge in [0.2, 0.25) is 5.91 Å². The number of ether oxygens (including phenoxy) is 4. The molecule has 2 aliphatic heterocycles. The highest BCUT2D eigenvalue weighted by molar-refractivity contribution is 5.76. The van der Waals surface area contributed by atoms with Crippen molar-refractivity contribution in [3.8, 4) is 0 Å². The van der Waals surface area contributed by atoms with Gasteiger partial charge in [-0.25, -0.2) is 0 Å². The van der Waals surface area contributed by atoms with Gasteiger partial charge in [-0.2, -0.15) is 0 Å². The van der Waals surface area contributed by atoms with Crippen molar-refractivity contribution in [3.05, 3.63) is 146 Å². The van der Waals surface area contributed by atoms with E-state index in [1.165, 1.54) is 148 Å². The van der Waals surface area contributed by atoms with Gasteiger partial charge in [0.1, 0.15) is 48.8 Å². The summed E-state index contributed by atoms with van der Waals surface area (Å²) < 4.78 is 22.8. The minimum atomic E-state index is -1.80. The van der Waals surface area contributed by atoms with Gasteiger partial charge in [-0.3, -0.25) is 4.79 Å². The lowest BCUT2D eigenvalue weighted by molar-refractivity contribution is -0.359. The van der Waals surface area contributed by atoms with Crippen molar-refractivity contribution in [2.24, 2.45) is 0 Å². The van der Waals surface area contributed by atoms with Crippen molar-refractivity contribution >= 4 is 5.91 Å². The summed E-state index contributed by atoms with van der Waals surface area (Å²) >= 11 is 0. The maximum Gasteiger partial charge on any atom is 0.220 e. The zero-order valence-electron chi connectivity index (χ0n) is 59.8. The third-order valence-corrected chi connectivity index (χ3v) is 17.5. The van der Waals surface area contributed by atoms with E-state index >= 15 is 0 Å². The molecule has 2 rings (SSSR count). The fourth-order valence-corrected chi connectivity index (χ4v) is 11.5. The molecule has 0 aromatic heterocycles. The van der Waals surface area contributed by atoms with Crippen LogP contribution in [0.1, 0.15) is 271 Å². The van der Waals surface area contributed by atoms with Gasteiger partial charge < -0.3 is 65.1 Å². The van der Waals surface area contributed by atoms with Gasteiger partial charge in [0.05, 0.1) is 32.0 Å². The molecule has 9 N–H and O–H groups in total. The number of hydrogen-bond donors (Lipinski definition) is 9. The summed E-state index contributed by atoms with van der Waals surface area (Å²) in [5, 5.41) is 87.5. The molecule has 0 radical (unpaired) electrons. The van der Waals surface area contributed by atoms with Crippen LogP contribution < -0.4 is 5.32 Å². The number of allylic oxidation sites excluding steroid dienone is 23. The summed E-state index contributed by atoms with van der Waals surface area (Å²) in [6.07, 6.45) is 80.6. The molecule has 1 amide bonds. The molecule has 0 aromatic rings. The summed E-state index contributed by atoms with van der Waals surface area (Å²) in [6.45, 7) is 2.65. The predicted octanol–water partition coefficient (Wildman–Crippen LogP) is 16.8. The van der Waals surface area contributed by atoms with Gasteiger partial charge in [-0.15, -0.1) is 0 Å². The van der Waals surface area contributed by atoms with Gasteiger partial charge in [0, 0.05) is 6.42 Å². The van der Waals surface area contributed by atoms with Crippen LogP contribution in [0.25, 0.3) is 0 Å². The molecule has 12 atom stereocenters. The first-order chi connectivity index (χ1) is 47.1. The number of nitrogens with one attached hydrogen (secondary N) is 1. The van der Waals surface area contributed by atoms with Gasteiger partial charge in [-0.1, -0.05) is 301 Å². The van der Waals surface area contributed by atoms with Crippen LogP contribution in [0.5, 0.6) is 0 Å². The van der Waals surface area contributed by atoms with Gasteiger partial charge >= 0.3 is 0 Å². The number of carbonyl (C=O) groups is 1. The lowest BCUT2D eigenvalue weighted by Gasteiger charge is -2.46. The highest BCUT2D eigenvalue weighted by atomic mass is 16.7. The molecular formula is C82H137NO13. The Hall–Kier alpha value is -4.13. The van der Waals surface area contributed by atoms with Crippen molar-refractivity contribution < 1.29 is 64.6 Å². The topological polar surface area (TPSA) is 228 Å². The molecule has 0 saturated carbocycles. The minimum absolute atomic E-state index is 0.208. The second-order valence-electron chi connectivity index (χ2n) is 26.0.